The average molecular weight is 1680 g/mol. The predicted octanol–water partition coefficient (Wildman–Crippen LogP) is 33.7. The zero-order valence-corrected chi connectivity index (χ0v) is 70.8. The van der Waals surface area contributed by atoms with Gasteiger partial charge in [-0.2, -0.15) is 0 Å². The monoisotopic (exact) mass is 1680 g/mol. The summed E-state index contributed by atoms with van der Waals surface area (Å²) in [5.74, 6) is 0. The number of hydrogen-bond acceptors (Lipinski definition) is 4. The van der Waals surface area contributed by atoms with Crippen molar-refractivity contribution in [1.29, 1.82) is 0 Å². The molecule has 123 heavy (non-hydrogen) atoms. The number of halogens is 1. The number of anilines is 5. The molecule has 4 aliphatic rings. The Bertz CT molecular complexity index is 7330. The van der Waals surface area contributed by atoms with E-state index >= 15 is 0 Å². The smallest absolute Gasteiger partial charge is 0.0719 e. The fourth-order valence-corrected chi connectivity index (χ4v) is 24.0. The topological polar surface area (TPSA) is 15.3 Å². The van der Waals surface area contributed by atoms with E-state index in [1.807, 2.05) is 46.9 Å². The van der Waals surface area contributed by atoms with Crippen LogP contribution in [0.3, 0.4) is 0 Å². The molecule has 18 aromatic carbocycles. The van der Waals surface area contributed by atoms with Crippen molar-refractivity contribution in [2.75, 3.05) is 10.2 Å². The summed E-state index contributed by atoms with van der Waals surface area (Å²) in [6.45, 7) is 9.56. The van der Waals surface area contributed by atoms with Crippen LogP contribution in [0.5, 0.6) is 0 Å². The molecule has 2 aromatic heterocycles. The molecular formula is C118H91BrN2S2. The van der Waals surface area contributed by atoms with Crippen LogP contribution >= 0.6 is 38.6 Å². The van der Waals surface area contributed by atoms with Crippen molar-refractivity contribution in [3.8, 4) is 66.8 Å². The number of benzene rings is 18. The molecule has 0 atom stereocenters. The molecule has 0 bridgehead atoms. The van der Waals surface area contributed by atoms with Crippen molar-refractivity contribution in [1.82, 2.24) is 0 Å². The molecule has 0 aliphatic heterocycles. The molecule has 0 unspecified atom stereocenters. The highest BCUT2D eigenvalue weighted by Gasteiger charge is 2.55. The Morgan fingerprint density at radius 2 is 0.528 bits per heavy atom. The molecule has 2 heterocycles. The van der Waals surface area contributed by atoms with E-state index < -0.39 is 5.41 Å². The van der Waals surface area contributed by atoms with Crippen LogP contribution in [0.4, 0.5) is 28.4 Å². The number of rotatable bonds is 9. The predicted molar refractivity (Wildman–Crippen MR) is 531 cm³/mol. The number of fused-ring (bicyclic) bond motifs is 24. The van der Waals surface area contributed by atoms with Crippen LogP contribution in [-0.2, 0) is 21.7 Å². The Morgan fingerprint density at radius 1 is 0.228 bits per heavy atom. The molecule has 0 amide bonds. The zero-order chi connectivity index (χ0) is 81.1. The molecule has 2 spiro atoms. The Balaban J connectivity index is 0.000000132. The molecule has 0 fully saturated rings. The summed E-state index contributed by atoms with van der Waals surface area (Å²) < 4.78 is 6.39. The summed E-state index contributed by atoms with van der Waals surface area (Å²) in [4.78, 5) is 2.42. The fourth-order valence-electron chi connectivity index (χ4n) is 20.8. The average Bonchev–Trinajstić information content (AvgIpc) is 1.55. The summed E-state index contributed by atoms with van der Waals surface area (Å²) in [7, 11) is 0. The van der Waals surface area contributed by atoms with Crippen molar-refractivity contribution in [2.45, 2.75) is 64.2 Å². The van der Waals surface area contributed by atoms with E-state index in [1.165, 1.54) is 180 Å². The van der Waals surface area contributed by atoms with Gasteiger partial charge in [-0.25, -0.2) is 0 Å². The first-order valence-electron chi connectivity index (χ1n) is 41.9. The molecule has 24 rings (SSSR count). The van der Waals surface area contributed by atoms with Crippen LogP contribution in [0.2, 0.25) is 0 Å². The van der Waals surface area contributed by atoms with Gasteiger partial charge in [-0.15, -0.1) is 22.7 Å². The van der Waals surface area contributed by atoms with Gasteiger partial charge in [-0.1, -0.05) is 394 Å². The highest BCUT2D eigenvalue weighted by atomic mass is 79.9. The SMILES string of the molecule is C.C.CC1(C)c2ccccc2C2(c3ccccc3-c3ccc(-c4cccc5c4sc4c(Br)cccc45)cc32)c2ccccc21.CC1(C)c2ccccc2C2(c3ccccc3-c3ccc(-c4cccc5c4sc4c(N(c6ccccc6)c6ccc(-c7ccccc7)cc6)cccc45)cc32)c2ccccc21.c1ccc(Nc2ccc(-c3ccccc3)cc2)cc1. The third kappa shape index (κ3) is 12.4. The van der Waals surface area contributed by atoms with Crippen molar-refractivity contribution in [3.63, 3.8) is 0 Å². The quantitative estimate of drug-likeness (QED) is 0.155. The number of hydrogen-bond donors (Lipinski definition) is 1. The molecular weight excluding hydrogens is 1590 g/mol. The maximum Gasteiger partial charge on any atom is 0.0719 e. The zero-order valence-electron chi connectivity index (χ0n) is 67.6. The van der Waals surface area contributed by atoms with Crippen molar-refractivity contribution < 1.29 is 0 Å². The van der Waals surface area contributed by atoms with Crippen LogP contribution in [0.1, 0.15) is 109 Å². The van der Waals surface area contributed by atoms with E-state index in [0.717, 1.165) is 27.2 Å². The lowest BCUT2D eigenvalue weighted by molar-refractivity contribution is 0.563. The minimum absolute atomic E-state index is 0. The van der Waals surface area contributed by atoms with Crippen LogP contribution in [0.25, 0.3) is 107 Å². The van der Waals surface area contributed by atoms with Gasteiger partial charge in [0.05, 0.1) is 21.2 Å². The number of nitrogens with one attached hydrogen (secondary N) is 1. The second kappa shape index (κ2) is 31.2. The molecule has 4 aliphatic carbocycles. The van der Waals surface area contributed by atoms with E-state index in [-0.39, 0.29) is 31.1 Å². The Hall–Kier alpha value is -13.5. The lowest BCUT2D eigenvalue weighted by Gasteiger charge is -2.46. The Morgan fingerprint density at radius 3 is 0.976 bits per heavy atom. The lowest BCUT2D eigenvalue weighted by atomic mass is 9.55. The van der Waals surface area contributed by atoms with Gasteiger partial charge in [-0.05, 0) is 222 Å². The van der Waals surface area contributed by atoms with E-state index in [2.05, 4.69) is 454 Å². The molecule has 2 nitrogen and oxygen atoms in total. The molecule has 0 saturated heterocycles. The molecule has 5 heteroatoms. The van der Waals surface area contributed by atoms with Gasteiger partial charge in [0.25, 0.3) is 0 Å². The molecule has 0 saturated carbocycles. The Labute approximate surface area is 738 Å². The van der Waals surface area contributed by atoms with Crippen LogP contribution in [-0.4, -0.2) is 0 Å². The summed E-state index contributed by atoms with van der Waals surface area (Å²) >= 11 is 7.61. The van der Waals surface area contributed by atoms with E-state index in [9.17, 15) is 0 Å². The van der Waals surface area contributed by atoms with Gasteiger partial charge >= 0.3 is 0 Å². The van der Waals surface area contributed by atoms with Gasteiger partial charge in [-0.3, -0.25) is 0 Å². The van der Waals surface area contributed by atoms with Crippen molar-refractivity contribution in [3.05, 3.63) is 496 Å². The van der Waals surface area contributed by atoms with Gasteiger partial charge < -0.3 is 10.2 Å². The normalized spacial score (nSPS) is 13.7. The first-order chi connectivity index (χ1) is 59.5. The van der Waals surface area contributed by atoms with Crippen LogP contribution in [0, 0.1) is 0 Å². The third-order valence-electron chi connectivity index (χ3n) is 26.3. The van der Waals surface area contributed by atoms with E-state index in [0.29, 0.717) is 0 Å². The van der Waals surface area contributed by atoms with Gasteiger partial charge in [0.1, 0.15) is 0 Å². The van der Waals surface area contributed by atoms with E-state index in [1.54, 1.807) is 0 Å². The summed E-state index contributed by atoms with van der Waals surface area (Å²) in [5.41, 5.74) is 36.6. The molecule has 1 N–H and O–H groups in total. The standard InChI is InChI=1S/C58H41NS.C40H27BrS.C18H15N.2CH4/c1-57(2)49-26-11-13-28-51(49)58(52-29-14-12-27-50(52)57)48-25-10-9-21-44(48)45-36-33-40(37-53(45)58)43-22-15-23-46-47-24-16-30-54(56(47)60-55(43)46)59(41-19-7-4-8-20-41)42-34-31-39(32-35-42)38-17-5-3-6-18-38;1-39(2)31-16-5-7-18-33(31)40(34-19-8-6-17-32(34)39)30-15-4-3-11-26(30)27-22-21-24(23-35(27)40)25-12-9-13-28-29-14-10-20-36(41)38(29)42-37(25)28;1-3-7-15(8-4-1)16-11-13-18(14-12-16)19-17-9-5-2-6-10-17;;/h3-37H,1-2H3;3-23H,1-2H3;1-14,19H;2*1H4. The maximum absolute atomic E-state index is 3.81. The minimum atomic E-state index is -0.432. The number of para-hydroxylation sites is 2. The highest BCUT2D eigenvalue weighted by Crippen LogP contribution is 2.65. The number of nitrogens with zero attached hydrogens (tertiary/aromatic N) is 1. The van der Waals surface area contributed by atoms with Crippen molar-refractivity contribution in [2.24, 2.45) is 0 Å². The first-order valence-corrected chi connectivity index (χ1v) is 44.3. The number of thiophene rings is 2. The van der Waals surface area contributed by atoms with Crippen LogP contribution in [0.15, 0.2) is 429 Å². The summed E-state index contributed by atoms with van der Waals surface area (Å²) in [6.07, 6.45) is 0. The largest absolute Gasteiger partial charge is 0.356 e. The van der Waals surface area contributed by atoms with Crippen molar-refractivity contribution >= 4 is 107 Å². The van der Waals surface area contributed by atoms with Gasteiger partial charge in [0, 0.05) is 73.7 Å². The van der Waals surface area contributed by atoms with Crippen LogP contribution < -0.4 is 10.2 Å². The van der Waals surface area contributed by atoms with Gasteiger partial charge in [0.2, 0.25) is 0 Å². The fraction of sp³-hybridized carbons (Fsp3) is 0.0847. The van der Waals surface area contributed by atoms with Gasteiger partial charge in [0.15, 0.2) is 0 Å². The van der Waals surface area contributed by atoms with E-state index in [4.69, 9.17) is 0 Å². The first kappa shape index (κ1) is 78.0. The molecule has 0 radical (unpaired) electrons. The Kier molecular flexibility index (Phi) is 19.8. The second-order valence-corrected chi connectivity index (χ2v) is 36.3. The second-order valence-electron chi connectivity index (χ2n) is 33.4. The highest BCUT2D eigenvalue weighted by molar-refractivity contribution is 9.10. The summed E-state index contributed by atoms with van der Waals surface area (Å²) in [5, 5.41) is 8.58. The molecule has 20 aromatic rings. The summed E-state index contributed by atoms with van der Waals surface area (Å²) in [6, 6.07) is 156. The molecule has 592 valence electrons. The third-order valence-corrected chi connectivity index (χ3v) is 29.7. The minimum Gasteiger partial charge on any atom is -0.356 e. The maximum atomic E-state index is 3.81. The lowest BCUT2D eigenvalue weighted by Crippen LogP contribution is -2.40.